The van der Waals surface area contributed by atoms with Crippen molar-refractivity contribution in [3.63, 3.8) is 0 Å². The number of rotatable bonds is 3. The number of aliphatic hydroxyl groups excluding tert-OH is 1. The van der Waals surface area contributed by atoms with E-state index >= 15 is 0 Å². The van der Waals surface area contributed by atoms with Crippen molar-refractivity contribution in [3.8, 4) is 5.75 Å². The van der Waals surface area contributed by atoms with Gasteiger partial charge in [0.05, 0.1) is 11.5 Å². The lowest BCUT2D eigenvalue weighted by molar-refractivity contribution is 0.0635. The van der Waals surface area contributed by atoms with Gasteiger partial charge in [-0.1, -0.05) is 0 Å². The Labute approximate surface area is 108 Å². The third-order valence-electron chi connectivity index (χ3n) is 2.72. The van der Waals surface area contributed by atoms with E-state index in [1.807, 2.05) is 0 Å². The monoisotopic (exact) mass is 290 g/mol. The van der Waals surface area contributed by atoms with E-state index in [1.165, 1.54) is 0 Å². The average molecular weight is 290 g/mol. The number of halogens is 1. The largest absolute Gasteiger partial charge is 0.486 e. The molecule has 0 amide bonds. The molecule has 0 radical (unpaired) electrons. The molecule has 1 saturated heterocycles. The Morgan fingerprint density at radius 3 is 2.58 bits per heavy atom. The summed E-state index contributed by atoms with van der Waals surface area (Å²) in [5, 5.41) is 18.4. The van der Waals surface area contributed by atoms with Gasteiger partial charge in [0.1, 0.15) is 29.3 Å². The number of sulfone groups is 1. The summed E-state index contributed by atoms with van der Waals surface area (Å²) < 4.78 is 40.7. The van der Waals surface area contributed by atoms with Crippen molar-refractivity contribution in [3.05, 3.63) is 29.6 Å². The highest BCUT2D eigenvalue weighted by atomic mass is 32.2. The summed E-state index contributed by atoms with van der Waals surface area (Å²) in [6.07, 6.45) is -2.27. The normalized spacial score (nSPS) is 25.2. The van der Waals surface area contributed by atoms with Gasteiger partial charge < -0.3 is 14.9 Å². The van der Waals surface area contributed by atoms with Crippen LogP contribution < -0.4 is 4.74 Å². The van der Waals surface area contributed by atoms with E-state index in [-0.39, 0.29) is 5.75 Å². The predicted octanol–water partition coefficient (Wildman–Crippen LogP) is 0.0606. The van der Waals surface area contributed by atoms with Crippen LogP contribution >= 0.6 is 0 Å². The first-order valence-corrected chi connectivity index (χ1v) is 7.18. The van der Waals surface area contributed by atoms with Crippen molar-refractivity contribution in [2.45, 2.75) is 12.2 Å². The van der Waals surface area contributed by atoms with E-state index < -0.39 is 50.9 Å². The van der Waals surface area contributed by atoms with Gasteiger partial charge in [-0.15, -0.1) is 0 Å². The summed E-state index contributed by atoms with van der Waals surface area (Å²) in [5.41, 5.74) is -0.420. The molecule has 104 valence electrons. The van der Waals surface area contributed by atoms with Gasteiger partial charge in [-0.05, 0) is 18.2 Å². The van der Waals surface area contributed by atoms with Crippen molar-refractivity contribution in [1.82, 2.24) is 0 Å². The topological polar surface area (TPSA) is 101 Å². The second-order valence-corrected chi connectivity index (χ2v) is 6.40. The van der Waals surface area contributed by atoms with Crippen LogP contribution in [0.25, 0.3) is 0 Å². The zero-order valence-corrected chi connectivity index (χ0v) is 10.4. The molecule has 1 heterocycles. The minimum atomic E-state index is -3.40. The third-order valence-corrected chi connectivity index (χ3v) is 4.41. The summed E-state index contributed by atoms with van der Waals surface area (Å²) in [5.74, 6) is -3.14. The molecule has 2 rings (SSSR count). The molecule has 1 aromatic carbocycles. The molecule has 19 heavy (non-hydrogen) atoms. The minimum absolute atomic E-state index is 0.171. The Kier molecular flexibility index (Phi) is 3.46. The first-order valence-electron chi connectivity index (χ1n) is 5.36. The summed E-state index contributed by atoms with van der Waals surface area (Å²) in [6.45, 7) is 0. The number of hydrogen-bond donors (Lipinski definition) is 2. The van der Waals surface area contributed by atoms with Gasteiger partial charge in [0.2, 0.25) is 0 Å². The summed E-state index contributed by atoms with van der Waals surface area (Å²) in [4.78, 5) is 10.9. The van der Waals surface area contributed by atoms with Crippen LogP contribution in [0.4, 0.5) is 4.39 Å². The van der Waals surface area contributed by atoms with Crippen molar-refractivity contribution < 1.29 is 32.6 Å². The van der Waals surface area contributed by atoms with Gasteiger partial charge in [0, 0.05) is 0 Å². The molecule has 6 nitrogen and oxygen atoms in total. The summed E-state index contributed by atoms with van der Waals surface area (Å²) in [6, 6.07) is 2.86. The van der Waals surface area contributed by atoms with Crippen LogP contribution in [0.15, 0.2) is 18.2 Å². The lowest BCUT2D eigenvalue weighted by Gasteiger charge is -2.17. The quantitative estimate of drug-likeness (QED) is 0.816. The number of carboxylic acid groups (broad SMARTS) is 1. The van der Waals surface area contributed by atoms with Crippen molar-refractivity contribution in [2.24, 2.45) is 0 Å². The highest BCUT2D eigenvalue weighted by Crippen LogP contribution is 2.24. The zero-order chi connectivity index (χ0) is 14.2. The van der Waals surface area contributed by atoms with Crippen molar-refractivity contribution >= 4 is 15.8 Å². The highest BCUT2D eigenvalue weighted by molar-refractivity contribution is 7.91. The fraction of sp³-hybridized carbons (Fsp3) is 0.364. The molecule has 0 spiro atoms. The Balaban J connectivity index is 2.27. The van der Waals surface area contributed by atoms with Crippen LogP contribution in [0, 0.1) is 5.82 Å². The molecule has 1 aliphatic rings. The molecule has 2 atom stereocenters. The first kappa shape index (κ1) is 13.8. The van der Waals surface area contributed by atoms with E-state index in [1.54, 1.807) is 0 Å². The predicted molar refractivity (Wildman–Crippen MR) is 62.4 cm³/mol. The smallest absolute Gasteiger partial charge is 0.339 e. The molecule has 0 aromatic heterocycles. The van der Waals surface area contributed by atoms with Gasteiger partial charge in [0.15, 0.2) is 9.84 Å². The first-order chi connectivity index (χ1) is 8.78. The van der Waals surface area contributed by atoms with E-state index in [9.17, 15) is 22.7 Å². The van der Waals surface area contributed by atoms with Crippen molar-refractivity contribution in [1.29, 1.82) is 0 Å². The molecule has 0 bridgehead atoms. The van der Waals surface area contributed by atoms with Crippen LogP contribution in [0.1, 0.15) is 10.4 Å². The standard InChI is InChI=1S/C11H11FO6S/c12-6-1-2-9(7(3-6)11(14)15)18-10-5-19(16,17)4-8(10)13/h1-3,8,10,13H,4-5H2,(H,14,15). The second kappa shape index (κ2) is 4.78. The van der Waals surface area contributed by atoms with Crippen LogP contribution in [0.3, 0.4) is 0 Å². The Bertz CT molecular complexity index is 612. The Hall–Kier alpha value is -1.67. The zero-order valence-electron chi connectivity index (χ0n) is 9.61. The molecule has 8 heteroatoms. The number of carbonyl (C=O) groups is 1. The highest BCUT2D eigenvalue weighted by Gasteiger charge is 2.38. The number of benzene rings is 1. The van der Waals surface area contributed by atoms with Gasteiger partial charge in [0.25, 0.3) is 0 Å². The van der Waals surface area contributed by atoms with Gasteiger partial charge in [-0.2, -0.15) is 0 Å². The molecule has 0 aliphatic carbocycles. The molecular formula is C11H11FO6S. The number of hydrogen-bond acceptors (Lipinski definition) is 5. The summed E-state index contributed by atoms with van der Waals surface area (Å²) >= 11 is 0. The van der Waals surface area contributed by atoms with Crippen molar-refractivity contribution in [2.75, 3.05) is 11.5 Å². The molecule has 1 aliphatic heterocycles. The van der Waals surface area contributed by atoms with Gasteiger partial charge in [-0.3, -0.25) is 0 Å². The maximum atomic E-state index is 13.0. The fourth-order valence-electron chi connectivity index (χ4n) is 1.84. The Morgan fingerprint density at radius 1 is 1.37 bits per heavy atom. The molecule has 2 N–H and O–H groups in total. The molecule has 1 fully saturated rings. The third kappa shape index (κ3) is 3.02. The van der Waals surface area contributed by atoms with Crippen LogP contribution in [0.5, 0.6) is 5.75 Å². The number of carboxylic acids is 1. The van der Waals surface area contributed by atoms with Gasteiger partial charge in [-0.25, -0.2) is 17.6 Å². The van der Waals surface area contributed by atoms with E-state index in [4.69, 9.17) is 9.84 Å². The van der Waals surface area contributed by atoms with E-state index in [0.717, 1.165) is 18.2 Å². The average Bonchev–Trinajstić information content (AvgIpc) is 2.54. The Morgan fingerprint density at radius 2 is 2.05 bits per heavy atom. The van der Waals surface area contributed by atoms with Crippen LogP contribution in [-0.2, 0) is 9.84 Å². The van der Waals surface area contributed by atoms with Crippen LogP contribution in [-0.4, -0.2) is 48.3 Å². The minimum Gasteiger partial charge on any atom is -0.486 e. The maximum Gasteiger partial charge on any atom is 0.339 e. The number of aliphatic hydroxyl groups is 1. The second-order valence-electron chi connectivity index (χ2n) is 4.25. The van der Waals surface area contributed by atoms with E-state index in [0.29, 0.717) is 0 Å². The lowest BCUT2D eigenvalue weighted by Crippen LogP contribution is -2.30. The van der Waals surface area contributed by atoms with E-state index in [2.05, 4.69) is 0 Å². The molecule has 0 saturated carbocycles. The van der Waals surface area contributed by atoms with Gasteiger partial charge >= 0.3 is 5.97 Å². The molecule has 2 unspecified atom stereocenters. The number of aromatic carboxylic acids is 1. The lowest BCUT2D eigenvalue weighted by atomic mass is 10.2. The molecule has 1 aromatic rings. The molecular weight excluding hydrogens is 279 g/mol. The maximum absolute atomic E-state index is 13.0. The fourth-order valence-corrected chi connectivity index (χ4v) is 3.51. The number of ether oxygens (including phenoxy) is 1. The SMILES string of the molecule is O=C(O)c1cc(F)ccc1OC1CS(=O)(=O)CC1O. The summed E-state index contributed by atoms with van der Waals surface area (Å²) in [7, 11) is -3.40. The van der Waals surface area contributed by atoms with Crippen LogP contribution in [0.2, 0.25) is 0 Å².